The quantitative estimate of drug-likeness (QED) is 0.277. The smallest absolute Gasteiger partial charge is 0.171 e. The van der Waals surface area contributed by atoms with Crippen LogP contribution in [0.1, 0.15) is 6.92 Å². The first-order chi connectivity index (χ1) is 16.0. The minimum absolute atomic E-state index is 0.256. The lowest BCUT2D eigenvalue weighted by Crippen LogP contribution is -2.43. The van der Waals surface area contributed by atoms with Gasteiger partial charge in [0, 0.05) is 53.4 Å². The van der Waals surface area contributed by atoms with Crippen molar-refractivity contribution in [2.45, 2.75) is 17.9 Å². The molecule has 0 radical (unpaired) electrons. The monoisotopic (exact) mass is 459 g/mol. The molecule has 168 valence electrons. The van der Waals surface area contributed by atoms with Crippen LogP contribution in [0.25, 0.3) is 22.0 Å². The molecule has 1 atom stereocenters. The number of thioether (sulfide) groups is 1. The maximum absolute atomic E-state index is 8.66. The van der Waals surface area contributed by atoms with Gasteiger partial charge in [-0.15, -0.1) is 0 Å². The van der Waals surface area contributed by atoms with Crippen LogP contribution in [0.2, 0.25) is 0 Å². The third-order valence-electron chi connectivity index (χ3n) is 5.76. The summed E-state index contributed by atoms with van der Waals surface area (Å²) >= 11 is 1.32. The Balaban J connectivity index is 1.42. The van der Waals surface area contributed by atoms with Crippen molar-refractivity contribution in [3.63, 3.8) is 0 Å². The molecule has 2 N–H and O–H groups in total. The van der Waals surface area contributed by atoms with E-state index in [1.807, 2.05) is 43.8 Å². The van der Waals surface area contributed by atoms with E-state index in [9.17, 15) is 0 Å². The molecule has 4 heterocycles. The van der Waals surface area contributed by atoms with Crippen LogP contribution in [0.4, 0.5) is 5.69 Å². The number of pyridine rings is 2. The minimum Gasteiger partial charge on any atom is -0.377 e. The summed E-state index contributed by atoms with van der Waals surface area (Å²) < 4.78 is 8.89. The molecule has 0 amide bonds. The van der Waals surface area contributed by atoms with E-state index in [1.165, 1.54) is 11.8 Å². The van der Waals surface area contributed by atoms with Gasteiger partial charge in [-0.05, 0) is 43.3 Å². The number of aromatic nitrogens is 4. The average molecular weight is 460 g/mol. The second kappa shape index (κ2) is 8.84. The number of aryl methyl sites for hydroxylation is 1. The van der Waals surface area contributed by atoms with Gasteiger partial charge in [-0.2, -0.15) is 5.10 Å². The molecule has 1 aliphatic rings. The summed E-state index contributed by atoms with van der Waals surface area (Å²) in [5.74, 6) is 0. The second-order valence-corrected chi connectivity index (χ2v) is 9.21. The van der Waals surface area contributed by atoms with Crippen molar-refractivity contribution in [2.75, 3.05) is 24.7 Å². The fourth-order valence-electron chi connectivity index (χ4n) is 4.00. The molecule has 0 bridgehead atoms. The van der Waals surface area contributed by atoms with Gasteiger partial charge in [-0.25, -0.2) is 0 Å². The van der Waals surface area contributed by atoms with Gasteiger partial charge >= 0.3 is 0 Å². The molecule has 0 saturated carbocycles. The van der Waals surface area contributed by atoms with E-state index >= 15 is 0 Å². The Morgan fingerprint density at radius 2 is 2.00 bits per heavy atom. The third-order valence-corrected chi connectivity index (χ3v) is 6.64. The van der Waals surface area contributed by atoms with E-state index in [0.717, 1.165) is 52.4 Å². The van der Waals surface area contributed by atoms with Crippen LogP contribution in [0, 0.1) is 10.8 Å². The van der Waals surface area contributed by atoms with E-state index in [1.54, 1.807) is 21.5 Å². The van der Waals surface area contributed by atoms with Crippen molar-refractivity contribution in [3.05, 3.63) is 66.7 Å². The Morgan fingerprint density at radius 3 is 2.79 bits per heavy atom. The Bertz CT molecular complexity index is 1390. The van der Waals surface area contributed by atoms with Gasteiger partial charge in [0.25, 0.3) is 0 Å². The van der Waals surface area contributed by atoms with Gasteiger partial charge in [0.05, 0.1) is 36.8 Å². The Morgan fingerprint density at radius 1 is 1.12 bits per heavy atom. The summed E-state index contributed by atoms with van der Waals surface area (Å²) in [7, 11) is 1.87. The number of fused-ring (bicyclic) bond motifs is 1. The van der Waals surface area contributed by atoms with Gasteiger partial charge in [-0.3, -0.25) is 25.1 Å². The van der Waals surface area contributed by atoms with Crippen molar-refractivity contribution in [1.82, 2.24) is 19.3 Å². The highest BCUT2D eigenvalue weighted by Crippen LogP contribution is 2.28. The minimum atomic E-state index is 0.256. The molecular formula is C24H25N7OS. The van der Waals surface area contributed by atoms with Crippen LogP contribution >= 0.6 is 11.8 Å². The molecule has 1 unspecified atom stereocenters. The molecule has 0 spiro atoms. The lowest BCUT2D eigenvalue weighted by Gasteiger charge is -2.35. The first-order valence-corrected chi connectivity index (χ1v) is 11.6. The van der Waals surface area contributed by atoms with E-state index in [4.69, 9.17) is 15.6 Å². The van der Waals surface area contributed by atoms with Gasteiger partial charge in [0.1, 0.15) is 5.49 Å². The number of nitrogens with one attached hydrogen (secondary N) is 2. The summed E-state index contributed by atoms with van der Waals surface area (Å²) in [4.78, 5) is 7.90. The molecule has 1 aromatic carbocycles. The van der Waals surface area contributed by atoms with Crippen LogP contribution in [-0.4, -0.2) is 50.3 Å². The van der Waals surface area contributed by atoms with Gasteiger partial charge < -0.3 is 9.64 Å². The zero-order valence-corrected chi connectivity index (χ0v) is 19.3. The standard InChI is InChI=1S/C24H25N7OS/c1-16-15-32-8-7-30(16)20-9-18-10-21(4-5-22(18)27-12-20)33-24(26)31-14-17(3-6-23(31)25)19-11-28-29(2)13-19/h3-6,9-14,16,25-26H,7-8,15H2,1-2H3. The third kappa shape index (κ3) is 4.42. The Kier molecular flexibility index (Phi) is 5.74. The molecule has 1 saturated heterocycles. The largest absolute Gasteiger partial charge is 0.377 e. The molecule has 5 rings (SSSR count). The summed E-state index contributed by atoms with van der Waals surface area (Å²) in [6, 6.07) is 12.1. The number of morpholine rings is 1. The molecule has 3 aromatic heterocycles. The number of anilines is 1. The number of nitrogens with zero attached hydrogens (tertiary/aromatic N) is 5. The fourth-order valence-corrected chi connectivity index (χ4v) is 4.79. The number of benzene rings is 1. The van der Waals surface area contributed by atoms with E-state index in [2.05, 4.69) is 34.0 Å². The van der Waals surface area contributed by atoms with Crippen molar-refractivity contribution in [3.8, 4) is 11.1 Å². The maximum Gasteiger partial charge on any atom is 0.171 e. The highest BCUT2D eigenvalue weighted by atomic mass is 32.2. The summed E-state index contributed by atoms with van der Waals surface area (Å²) in [6.45, 7) is 4.45. The van der Waals surface area contributed by atoms with Gasteiger partial charge in [0.15, 0.2) is 5.17 Å². The molecular weight excluding hydrogens is 434 g/mol. The lowest BCUT2D eigenvalue weighted by atomic mass is 10.1. The molecule has 9 heteroatoms. The van der Waals surface area contributed by atoms with Crippen molar-refractivity contribution in [1.29, 1.82) is 10.8 Å². The average Bonchev–Trinajstić information content (AvgIpc) is 3.25. The van der Waals surface area contributed by atoms with Crippen molar-refractivity contribution >= 4 is 33.5 Å². The van der Waals surface area contributed by atoms with Crippen LogP contribution in [0.5, 0.6) is 0 Å². The molecule has 4 aromatic rings. The molecule has 1 aliphatic heterocycles. The maximum atomic E-state index is 8.66. The first-order valence-electron chi connectivity index (χ1n) is 10.8. The van der Waals surface area contributed by atoms with E-state index in [0.29, 0.717) is 6.04 Å². The zero-order valence-electron chi connectivity index (χ0n) is 18.5. The number of hydrogen-bond donors (Lipinski definition) is 2. The van der Waals surface area contributed by atoms with Crippen LogP contribution in [0.3, 0.4) is 0 Å². The van der Waals surface area contributed by atoms with Crippen LogP contribution in [-0.2, 0) is 11.8 Å². The number of rotatable bonds is 3. The Hall–Kier alpha value is -3.43. The number of hydrogen-bond acceptors (Lipinski definition) is 7. The van der Waals surface area contributed by atoms with E-state index < -0.39 is 0 Å². The van der Waals surface area contributed by atoms with Gasteiger partial charge in [0.2, 0.25) is 0 Å². The molecule has 33 heavy (non-hydrogen) atoms. The highest BCUT2D eigenvalue weighted by Gasteiger charge is 2.19. The molecule has 8 nitrogen and oxygen atoms in total. The van der Waals surface area contributed by atoms with Gasteiger partial charge in [-0.1, -0.05) is 11.8 Å². The zero-order chi connectivity index (χ0) is 22.9. The fraction of sp³-hybridized carbons (Fsp3) is 0.250. The molecule has 1 fully saturated rings. The topological polar surface area (TPSA) is 95.8 Å². The van der Waals surface area contributed by atoms with Crippen molar-refractivity contribution < 1.29 is 4.74 Å². The highest BCUT2D eigenvalue weighted by molar-refractivity contribution is 8.13. The van der Waals surface area contributed by atoms with Crippen LogP contribution < -0.4 is 10.4 Å². The summed E-state index contributed by atoms with van der Waals surface area (Å²) in [5, 5.41) is 22.5. The van der Waals surface area contributed by atoms with Crippen molar-refractivity contribution in [2.24, 2.45) is 7.05 Å². The van der Waals surface area contributed by atoms with Crippen LogP contribution in [0.15, 0.2) is 66.1 Å². The number of ether oxygens (including phenoxy) is 1. The predicted molar refractivity (Wildman–Crippen MR) is 131 cm³/mol. The summed E-state index contributed by atoms with van der Waals surface area (Å²) in [6.07, 6.45) is 7.44. The summed E-state index contributed by atoms with van der Waals surface area (Å²) in [5.41, 5.74) is 4.12. The normalized spacial score (nSPS) is 16.3. The predicted octanol–water partition coefficient (Wildman–Crippen LogP) is 3.72. The SMILES string of the molecule is CC1COCCN1c1cnc2ccc(SC(=N)n3cc(-c4cnn(C)c4)ccc3=N)cc2c1. The van der Waals surface area contributed by atoms with E-state index in [-0.39, 0.29) is 10.7 Å². The second-order valence-electron chi connectivity index (χ2n) is 8.15. The molecule has 0 aliphatic carbocycles. The lowest BCUT2D eigenvalue weighted by molar-refractivity contribution is 0.0989. The Labute approximate surface area is 195 Å². The first kappa shape index (κ1) is 21.4.